The van der Waals surface area contributed by atoms with E-state index in [0.29, 0.717) is 5.56 Å². The van der Waals surface area contributed by atoms with Gasteiger partial charge in [-0.15, -0.1) is 0 Å². The summed E-state index contributed by atoms with van der Waals surface area (Å²) in [6.45, 7) is 0. The summed E-state index contributed by atoms with van der Waals surface area (Å²) in [4.78, 5) is 10.9. The number of hydrogen-bond acceptors (Lipinski definition) is 1. The molecular formula is C20H14O. The van der Waals surface area contributed by atoms with E-state index in [0.717, 1.165) is 23.8 Å². The summed E-state index contributed by atoms with van der Waals surface area (Å²) < 4.78 is 0. The van der Waals surface area contributed by atoms with Gasteiger partial charge in [0.25, 0.3) is 0 Å². The fraction of sp³-hybridized carbons (Fsp3) is 0.0500. The van der Waals surface area contributed by atoms with Crippen molar-refractivity contribution in [3.05, 3.63) is 83.4 Å². The van der Waals surface area contributed by atoms with Gasteiger partial charge >= 0.3 is 0 Å². The average molecular weight is 270 g/mol. The molecule has 0 atom stereocenters. The second kappa shape index (κ2) is 4.71. The molecular weight excluding hydrogens is 256 g/mol. The number of fused-ring (bicyclic) bond motifs is 3. The molecule has 1 heteroatoms. The van der Waals surface area contributed by atoms with E-state index in [9.17, 15) is 4.79 Å². The first-order valence-electron chi connectivity index (χ1n) is 7.12. The van der Waals surface area contributed by atoms with Crippen LogP contribution in [0, 0.1) is 0 Å². The first kappa shape index (κ1) is 12.1. The highest BCUT2D eigenvalue weighted by atomic mass is 16.1. The monoisotopic (exact) mass is 270 g/mol. The highest BCUT2D eigenvalue weighted by molar-refractivity contribution is 5.83. The highest BCUT2D eigenvalue weighted by Crippen LogP contribution is 2.38. The molecule has 0 aliphatic heterocycles. The number of benzene rings is 3. The molecule has 1 aliphatic carbocycles. The highest BCUT2D eigenvalue weighted by Gasteiger charge is 2.18. The van der Waals surface area contributed by atoms with Crippen LogP contribution in [0.15, 0.2) is 66.7 Å². The Morgan fingerprint density at radius 3 is 2.43 bits per heavy atom. The van der Waals surface area contributed by atoms with Gasteiger partial charge in [-0.3, -0.25) is 4.79 Å². The SMILES string of the molecule is O=Cc1cccc(-c2ccc3c(c2)-c2ccccc2C3)c1. The van der Waals surface area contributed by atoms with E-state index in [1.807, 2.05) is 18.2 Å². The fourth-order valence-corrected chi connectivity index (χ4v) is 3.09. The largest absolute Gasteiger partial charge is 0.298 e. The van der Waals surface area contributed by atoms with Gasteiger partial charge in [0, 0.05) is 5.56 Å². The third kappa shape index (κ3) is 1.98. The van der Waals surface area contributed by atoms with Crippen molar-refractivity contribution in [1.82, 2.24) is 0 Å². The van der Waals surface area contributed by atoms with Crippen LogP contribution in [0.2, 0.25) is 0 Å². The van der Waals surface area contributed by atoms with Crippen LogP contribution in [0.4, 0.5) is 0 Å². The summed E-state index contributed by atoms with van der Waals surface area (Å²) in [5, 5.41) is 0. The topological polar surface area (TPSA) is 17.1 Å². The van der Waals surface area contributed by atoms with Crippen molar-refractivity contribution < 1.29 is 4.79 Å². The maximum atomic E-state index is 10.9. The van der Waals surface area contributed by atoms with Gasteiger partial charge in [-0.1, -0.05) is 54.6 Å². The van der Waals surface area contributed by atoms with E-state index in [2.05, 4.69) is 48.5 Å². The lowest BCUT2D eigenvalue weighted by atomic mass is 9.98. The van der Waals surface area contributed by atoms with Crippen molar-refractivity contribution in [2.75, 3.05) is 0 Å². The van der Waals surface area contributed by atoms with Crippen molar-refractivity contribution in [1.29, 1.82) is 0 Å². The predicted molar refractivity (Wildman–Crippen MR) is 85.5 cm³/mol. The van der Waals surface area contributed by atoms with Gasteiger partial charge in [0.1, 0.15) is 6.29 Å². The molecule has 1 nitrogen and oxygen atoms in total. The normalized spacial score (nSPS) is 11.8. The Bertz CT molecular complexity index is 846. The zero-order chi connectivity index (χ0) is 14.2. The molecule has 0 N–H and O–H groups in total. The third-order valence-electron chi connectivity index (χ3n) is 4.15. The summed E-state index contributed by atoms with van der Waals surface area (Å²) in [5.41, 5.74) is 8.40. The molecule has 0 bridgehead atoms. The number of carbonyl (C=O) groups excluding carboxylic acids is 1. The van der Waals surface area contributed by atoms with Gasteiger partial charge < -0.3 is 0 Å². The fourth-order valence-electron chi connectivity index (χ4n) is 3.09. The van der Waals surface area contributed by atoms with E-state index in [4.69, 9.17) is 0 Å². The zero-order valence-corrected chi connectivity index (χ0v) is 11.5. The van der Waals surface area contributed by atoms with Crippen molar-refractivity contribution in [3.8, 4) is 22.3 Å². The Kier molecular flexibility index (Phi) is 2.71. The van der Waals surface area contributed by atoms with E-state index in [-0.39, 0.29) is 0 Å². The molecule has 21 heavy (non-hydrogen) atoms. The van der Waals surface area contributed by atoms with Crippen LogP contribution in [0.5, 0.6) is 0 Å². The average Bonchev–Trinajstić information content (AvgIpc) is 2.92. The van der Waals surface area contributed by atoms with Crippen LogP contribution in [0.3, 0.4) is 0 Å². The molecule has 0 aromatic heterocycles. The molecule has 0 saturated heterocycles. The Morgan fingerprint density at radius 1 is 0.714 bits per heavy atom. The molecule has 0 fully saturated rings. The van der Waals surface area contributed by atoms with Gasteiger partial charge in [-0.25, -0.2) is 0 Å². The summed E-state index contributed by atoms with van der Waals surface area (Å²) in [6.07, 6.45) is 1.91. The van der Waals surface area contributed by atoms with E-state index < -0.39 is 0 Å². The predicted octanol–water partition coefficient (Wildman–Crippen LogP) is 4.74. The van der Waals surface area contributed by atoms with Crippen LogP contribution < -0.4 is 0 Å². The summed E-state index contributed by atoms with van der Waals surface area (Å²) >= 11 is 0. The molecule has 3 aromatic carbocycles. The molecule has 0 amide bonds. The minimum Gasteiger partial charge on any atom is -0.298 e. The molecule has 1 aliphatic rings. The van der Waals surface area contributed by atoms with Crippen molar-refractivity contribution >= 4 is 6.29 Å². The van der Waals surface area contributed by atoms with Gasteiger partial charge in [-0.05, 0) is 51.9 Å². The van der Waals surface area contributed by atoms with Crippen LogP contribution in [-0.2, 0) is 6.42 Å². The Labute approximate surface area is 123 Å². The molecule has 0 spiro atoms. The second-order valence-corrected chi connectivity index (χ2v) is 5.45. The molecule has 0 saturated carbocycles. The summed E-state index contributed by atoms with van der Waals surface area (Å²) in [5.74, 6) is 0. The first-order valence-corrected chi connectivity index (χ1v) is 7.12. The number of carbonyl (C=O) groups is 1. The molecule has 4 rings (SSSR count). The van der Waals surface area contributed by atoms with Gasteiger partial charge in [0.05, 0.1) is 0 Å². The number of hydrogen-bond donors (Lipinski definition) is 0. The zero-order valence-electron chi connectivity index (χ0n) is 11.5. The van der Waals surface area contributed by atoms with E-state index in [1.54, 1.807) is 0 Å². The summed E-state index contributed by atoms with van der Waals surface area (Å²) in [7, 11) is 0. The Hall–Kier alpha value is -2.67. The van der Waals surface area contributed by atoms with E-state index in [1.165, 1.54) is 22.3 Å². The van der Waals surface area contributed by atoms with Crippen LogP contribution in [0.25, 0.3) is 22.3 Å². The molecule has 100 valence electrons. The van der Waals surface area contributed by atoms with Gasteiger partial charge in [0.2, 0.25) is 0 Å². The summed E-state index contributed by atoms with van der Waals surface area (Å²) in [6, 6.07) is 22.9. The smallest absolute Gasteiger partial charge is 0.150 e. The Morgan fingerprint density at radius 2 is 1.52 bits per heavy atom. The van der Waals surface area contributed by atoms with Crippen molar-refractivity contribution in [2.45, 2.75) is 6.42 Å². The standard InChI is InChI=1S/C20H14O/c21-13-14-4-3-6-15(10-14)16-8-9-18-11-17-5-1-2-7-19(17)20(18)12-16/h1-10,12-13H,11H2. The van der Waals surface area contributed by atoms with Crippen molar-refractivity contribution in [2.24, 2.45) is 0 Å². The van der Waals surface area contributed by atoms with Crippen LogP contribution >= 0.6 is 0 Å². The lowest BCUT2D eigenvalue weighted by molar-refractivity contribution is 0.112. The van der Waals surface area contributed by atoms with Crippen LogP contribution in [0.1, 0.15) is 21.5 Å². The lowest BCUT2D eigenvalue weighted by Crippen LogP contribution is -1.85. The van der Waals surface area contributed by atoms with E-state index >= 15 is 0 Å². The molecule has 3 aromatic rings. The third-order valence-corrected chi connectivity index (χ3v) is 4.15. The minimum atomic E-state index is 0.716. The maximum Gasteiger partial charge on any atom is 0.150 e. The second-order valence-electron chi connectivity index (χ2n) is 5.45. The van der Waals surface area contributed by atoms with Crippen LogP contribution in [-0.4, -0.2) is 6.29 Å². The van der Waals surface area contributed by atoms with Gasteiger partial charge in [0.15, 0.2) is 0 Å². The molecule has 0 radical (unpaired) electrons. The Balaban J connectivity index is 1.86. The maximum absolute atomic E-state index is 10.9. The molecule has 0 heterocycles. The number of rotatable bonds is 2. The van der Waals surface area contributed by atoms with Crippen molar-refractivity contribution in [3.63, 3.8) is 0 Å². The first-order chi connectivity index (χ1) is 10.3. The van der Waals surface area contributed by atoms with Gasteiger partial charge in [-0.2, -0.15) is 0 Å². The molecule has 0 unspecified atom stereocenters. The quantitative estimate of drug-likeness (QED) is 0.481. The minimum absolute atomic E-state index is 0.716. The lowest BCUT2D eigenvalue weighted by Gasteiger charge is -2.06. The number of aldehydes is 1.